The van der Waals surface area contributed by atoms with E-state index in [1.165, 1.54) is 0 Å². The largest absolute Gasteiger partial charge is 0.462 e. The molecule has 1 amide bonds. The summed E-state index contributed by atoms with van der Waals surface area (Å²) in [5.41, 5.74) is 3.96. The molecule has 3 aromatic rings. The van der Waals surface area contributed by atoms with E-state index in [1.54, 1.807) is 49.6 Å². The molecule has 0 saturated heterocycles. The maximum Gasteiger partial charge on any atom is 0.338 e. The van der Waals surface area contributed by atoms with Gasteiger partial charge in [0.1, 0.15) is 0 Å². The molecule has 6 heteroatoms. The van der Waals surface area contributed by atoms with E-state index in [0.29, 0.717) is 24.3 Å². The summed E-state index contributed by atoms with van der Waals surface area (Å²) in [7, 11) is 1.00. The van der Waals surface area contributed by atoms with E-state index in [1.807, 2.05) is 30.3 Å². The number of pyridine rings is 1. The maximum absolute atomic E-state index is 12.4. The second kappa shape index (κ2) is 11.4. The van der Waals surface area contributed by atoms with Crippen LogP contribution in [-0.4, -0.2) is 35.7 Å². The van der Waals surface area contributed by atoms with Crippen molar-refractivity contribution in [1.82, 2.24) is 10.3 Å². The van der Waals surface area contributed by atoms with Crippen molar-refractivity contribution in [1.29, 1.82) is 0 Å². The minimum atomic E-state index is -0.364. The van der Waals surface area contributed by atoms with Gasteiger partial charge in [0.2, 0.25) is 0 Å². The number of nitrogens with one attached hydrogen (secondary N) is 1. The Kier molecular flexibility index (Phi) is 8.53. The Labute approximate surface area is 170 Å². The van der Waals surface area contributed by atoms with Crippen molar-refractivity contribution in [3.63, 3.8) is 0 Å². The molecular formula is C23H24N2O4. The van der Waals surface area contributed by atoms with Crippen molar-refractivity contribution in [2.24, 2.45) is 0 Å². The SMILES string of the molecule is CCOC(=O)c1cccc(CNC(=O)c2ccc(-c3ccncc3)cc2)c1.CO. The van der Waals surface area contributed by atoms with Gasteiger partial charge in [0, 0.05) is 31.6 Å². The summed E-state index contributed by atoms with van der Waals surface area (Å²) in [5.74, 6) is -0.532. The molecule has 0 spiro atoms. The summed E-state index contributed by atoms with van der Waals surface area (Å²) >= 11 is 0. The summed E-state index contributed by atoms with van der Waals surface area (Å²) in [4.78, 5) is 28.2. The van der Waals surface area contributed by atoms with Gasteiger partial charge in [-0.1, -0.05) is 24.3 Å². The third-order valence-corrected chi connectivity index (χ3v) is 4.05. The van der Waals surface area contributed by atoms with Crippen LogP contribution in [0.15, 0.2) is 73.1 Å². The average Bonchev–Trinajstić information content (AvgIpc) is 2.80. The lowest BCUT2D eigenvalue weighted by Crippen LogP contribution is -2.22. The van der Waals surface area contributed by atoms with Crippen LogP contribution in [0.5, 0.6) is 0 Å². The van der Waals surface area contributed by atoms with E-state index in [9.17, 15) is 9.59 Å². The molecule has 0 atom stereocenters. The van der Waals surface area contributed by atoms with Crippen LogP contribution in [-0.2, 0) is 11.3 Å². The minimum absolute atomic E-state index is 0.169. The topological polar surface area (TPSA) is 88.5 Å². The van der Waals surface area contributed by atoms with E-state index in [0.717, 1.165) is 23.8 Å². The van der Waals surface area contributed by atoms with E-state index >= 15 is 0 Å². The fourth-order valence-corrected chi connectivity index (χ4v) is 2.67. The number of aromatic nitrogens is 1. The summed E-state index contributed by atoms with van der Waals surface area (Å²) in [5, 5.41) is 9.87. The van der Waals surface area contributed by atoms with Gasteiger partial charge < -0.3 is 15.2 Å². The number of carbonyl (C=O) groups excluding carboxylic acids is 2. The molecule has 0 aliphatic heterocycles. The molecule has 150 valence electrons. The van der Waals surface area contributed by atoms with E-state index < -0.39 is 0 Å². The number of aliphatic hydroxyl groups is 1. The lowest BCUT2D eigenvalue weighted by atomic mass is 10.0. The van der Waals surface area contributed by atoms with Gasteiger partial charge in [-0.15, -0.1) is 0 Å². The molecule has 0 fully saturated rings. The zero-order chi connectivity index (χ0) is 21.1. The monoisotopic (exact) mass is 392 g/mol. The quantitative estimate of drug-likeness (QED) is 0.627. The second-order valence-corrected chi connectivity index (χ2v) is 5.92. The number of hydrogen-bond acceptors (Lipinski definition) is 5. The van der Waals surface area contributed by atoms with Gasteiger partial charge >= 0.3 is 5.97 Å². The number of carbonyl (C=O) groups is 2. The van der Waals surface area contributed by atoms with Crippen molar-refractivity contribution in [3.8, 4) is 11.1 Å². The molecule has 0 aliphatic carbocycles. The van der Waals surface area contributed by atoms with Crippen molar-refractivity contribution in [3.05, 3.63) is 89.7 Å². The molecule has 6 nitrogen and oxygen atoms in total. The number of benzene rings is 2. The number of hydrogen-bond donors (Lipinski definition) is 2. The third-order valence-electron chi connectivity index (χ3n) is 4.05. The first-order chi connectivity index (χ1) is 14.2. The Morgan fingerprint density at radius 1 is 0.931 bits per heavy atom. The highest BCUT2D eigenvalue weighted by Crippen LogP contribution is 2.18. The number of esters is 1. The van der Waals surface area contributed by atoms with Gasteiger partial charge in [0.25, 0.3) is 5.91 Å². The van der Waals surface area contributed by atoms with Crippen molar-refractivity contribution in [2.45, 2.75) is 13.5 Å². The predicted molar refractivity (Wildman–Crippen MR) is 111 cm³/mol. The summed E-state index contributed by atoms with van der Waals surface area (Å²) in [6.45, 7) is 2.43. The molecular weight excluding hydrogens is 368 g/mol. The molecule has 0 saturated carbocycles. The van der Waals surface area contributed by atoms with Gasteiger partial charge in [-0.25, -0.2) is 4.79 Å². The van der Waals surface area contributed by atoms with Gasteiger partial charge in [-0.3, -0.25) is 9.78 Å². The van der Waals surface area contributed by atoms with E-state index in [4.69, 9.17) is 9.84 Å². The molecule has 0 unspecified atom stereocenters. The molecule has 29 heavy (non-hydrogen) atoms. The standard InChI is InChI=1S/C22H20N2O3.CH4O/c1-2-27-22(26)20-5-3-4-16(14-20)15-24-21(25)19-8-6-17(7-9-19)18-10-12-23-13-11-18;1-2/h3-14H,2,15H2,1H3,(H,24,25);2H,1H3. The molecule has 0 radical (unpaired) electrons. The van der Waals surface area contributed by atoms with Crippen LogP contribution in [0.3, 0.4) is 0 Å². The van der Waals surface area contributed by atoms with Crippen molar-refractivity contribution in [2.75, 3.05) is 13.7 Å². The van der Waals surface area contributed by atoms with Crippen molar-refractivity contribution >= 4 is 11.9 Å². The highest BCUT2D eigenvalue weighted by atomic mass is 16.5. The Morgan fingerprint density at radius 3 is 2.24 bits per heavy atom. The fourth-order valence-electron chi connectivity index (χ4n) is 2.67. The molecule has 0 bridgehead atoms. The number of nitrogens with zero attached hydrogens (tertiary/aromatic N) is 1. The summed E-state index contributed by atoms with van der Waals surface area (Å²) in [6, 6.07) is 18.3. The lowest BCUT2D eigenvalue weighted by molar-refractivity contribution is 0.0526. The van der Waals surface area contributed by atoms with Crippen LogP contribution >= 0.6 is 0 Å². The van der Waals surface area contributed by atoms with Crippen LogP contribution in [0.2, 0.25) is 0 Å². The molecule has 2 N–H and O–H groups in total. The van der Waals surface area contributed by atoms with Gasteiger partial charge in [-0.05, 0) is 60.0 Å². The van der Waals surface area contributed by atoms with E-state index in [-0.39, 0.29) is 11.9 Å². The summed E-state index contributed by atoms with van der Waals surface area (Å²) < 4.78 is 5.00. The number of ether oxygens (including phenoxy) is 1. The third kappa shape index (κ3) is 6.26. The first-order valence-corrected chi connectivity index (χ1v) is 9.17. The Balaban J connectivity index is 0.00000145. The number of aliphatic hydroxyl groups excluding tert-OH is 1. The minimum Gasteiger partial charge on any atom is -0.462 e. The highest BCUT2D eigenvalue weighted by molar-refractivity contribution is 5.94. The lowest BCUT2D eigenvalue weighted by Gasteiger charge is -2.08. The van der Waals surface area contributed by atoms with Crippen LogP contribution in [0.25, 0.3) is 11.1 Å². The average molecular weight is 392 g/mol. The van der Waals surface area contributed by atoms with Crippen LogP contribution in [0, 0.1) is 0 Å². The first-order valence-electron chi connectivity index (χ1n) is 9.17. The molecule has 0 aliphatic rings. The van der Waals surface area contributed by atoms with Gasteiger partial charge in [0.05, 0.1) is 12.2 Å². The van der Waals surface area contributed by atoms with Crippen LogP contribution in [0.1, 0.15) is 33.2 Å². The smallest absolute Gasteiger partial charge is 0.338 e. The summed E-state index contributed by atoms with van der Waals surface area (Å²) in [6.07, 6.45) is 3.47. The number of rotatable bonds is 6. The molecule has 1 aromatic heterocycles. The fraction of sp³-hybridized carbons (Fsp3) is 0.174. The number of amides is 1. The van der Waals surface area contributed by atoms with Crippen molar-refractivity contribution < 1.29 is 19.4 Å². The Morgan fingerprint density at radius 2 is 1.59 bits per heavy atom. The Hall–Kier alpha value is -3.51. The molecule has 1 heterocycles. The van der Waals surface area contributed by atoms with Crippen LogP contribution < -0.4 is 5.32 Å². The van der Waals surface area contributed by atoms with Crippen LogP contribution in [0.4, 0.5) is 0 Å². The molecule has 2 aromatic carbocycles. The van der Waals surface area contributed by atoms with Gasteiger partial charge in [0.15, 0.2) is 0 Å². The predicted octanol–water partition coefficient (Wildman–Crippen LogP) is 3.46. The first kappa shape index (κ1) is 21.8. The zero-order valence-corrected chi connectivity index (χ0v) is 16.5. The Bertz CT molecular complexity index is 925. The normalized spacial score (nSPS) is 9.76. The highest BCUT2D eigenvalue weighted by Gasteiger charge is 2.09. The zero-order valence-electron chi connectivity index (χ0n) is 16.5. The van der Waals surface area contributed by atoms with Gasteiger partial charge in [-0.2, -0.15) is 0 Å². The van der Waals surface area contributed by atoms with E-state index in [2.05, 4.69) is 10.3 Å². The molecule has 3 rings (SSSR count). The second-order valence-electron chi connectivity index (χ2n) is 5.92. The maximum atomic E-state index is 12.4.